The normalized spacial score (nSPS) is 10.5. The zero-order valence-corrected chi connectivity index (χ0v) is 10.2. The van der Waals surface area contributed by atoms with Crippen molar-refractivity contribution in [2.45, 2.75) is 6.54 Å². The van der Waals surface area contributed by atoms with Gasteiger partial charge in [-0.05, 0) is 15.9 Å². The fourth-order valence-corrected chi connectivity index (χ4v) is 1.43. The molecule has 0 fully saturated rings. The molecule has 0 amide bonds. The van der Waals surface area contributed by atoms with Crippen LogP contribution in [0.4, 0.5) is 0 Å². The zero-order valence-electron chi connectivity index (χ0n) is 8.57. The fourth-order valence-electron chi connectivity index (χ4n) is 1.08. The predicted molar refractivity (Wildman–Crippen MR) is 60.9 cm³/mol. The van der Waals surface area contributed by atoms with Gasteiger partial charge < -0.3 is 10.1 Å². The summed E-state index contributed by atoms with van der Waals surface area (Å²) < 4.78 is 6.93. The molecule has 1 N–H and O–H groups in total. The molecule has 0 saturated carbocycles. The van der Waals surface area contributed by atoms with Crippen LogP contribution in [0, 0.1) is 0 Å². The van der Waals surface area contributed by atoms with Gasteiger partial charge in [0, 0.05) is 32.9 Å². The largest absolute Gasteiger partial charge is 0.383 e. The Bertz CT molecular complexity index is 353. The molecule has 0 atom stereocenters. The Morgan fingerprint density at radius 2 is 2.40 bits per heavy atom. The van der Waals surface area contributed by atoms with E-state index in [0.29, 0.717) is 17.6 Å². The summed E-state index contributed by atoms with van der Waals surface area (Å²) in [5.41, 5.74) is -0.0569. The van der Waals surface area contributed by atoms with E-state index >= 15 is 0 Å². The molecule has 1 heterocycles. The maximum absolute atomic E-state index is 11.5. The number of rotatable bonds is 6. The van der Waals surface area contributed by atoms with Gasteiger partial charge in [-0.1, -0.05) is 0 Å². The van der Waals surface area contributed by atoms with Crippen LogP contribution in [0.2, 0.25) is 0 Å². The lowest BCUT2D eigenvalue weighted by Gasteiger charge is -2.06. The summed E-state index contributed by atoms with van der Waals surface area (Å²) in [6, 6.07) is 0. The van der Waals surface area contributed by atoms with Gasteiger partial charge in [-0.2, -0.15) is 0 Å². The van der Waals surface area contributed by atoms with E-state index in [2.05, 4.69) is 26.2 Å². The lowest BCUT2D eigenvalue weighted by atomic mass is 10.5. The number of aromatic nitrogens is 2. The average molecular weight is 276 g/mol. The highest BCUT2D eigenvalue weighted by atomic mass is 79.9. The van der Waals surface area contributed by atoms with Gasteiger partial charge in [-0.25, -0.2) is 4.98 Å². The minimum absolute atomic E-state index is 0.0569. The molecule has 84 valence electrons. The molecule has 0 unspecified atom stereocenters. The molecule has 1 aromatic rings. The third-order valence-electron chi connectivity index (χ3n) is 1.87. The van der Waals surface area contributed by atoms with Crippen LogP contribution in [-0.4, -0.2) is 36.4 Å². The Balaban J connectivity index is 2.38. The van der Waals surface area contributed by atoms with Crippen molar-refractivity contribution in [2.75, 3.05) is 26.8 Å². The second-order valence-electron chi connectivity index (χ2n) is 2.98. The SMILES string of the molecule is COCCNCCn1cncc(Br)c1=O. The molecule has 6 heteroatoms. The van der Waals surface area contributed by atoms with Crippen LogP contribution in [-0.2, 0) is 11.3 Å². The summed E-state index contributed by atoms with van der Waals surface area (Å²) in [4.78, 5) is 15.4. The molecular weight excluding hydrogens is 262 g/mol. The van der Waals surface area contributed by atoms with Crippen molar-refractivity contribution in [3.63, 3.8) is 0 Å². The first kappa shape index (κ1) is 12.4. The van der Waals surface area contributed by atoms with Crippen molar-refractivity contribution in [1.29, 1.82) is 0 Å². The Kier molecular flexibility index (Phi) is 5.52. The van der Waals surface area contributed by atoms with Crippen molar-refractivity contribution in [2.24, 2.45) is 0 Å². The molecule has 5 nitrogen and oxygen atoms in total. The van der Waals surface area contributed by atoms with Crippen molar-refractivity contribution >= 4 is 15.9 Å². The highest BCUT2D eigenvalue weighted by Gasteiger charge is 1.99. The van der Waals surface area contributed by atoms with Crippen LogP contribution in [0.3, 0.4) is 0 Å². The van der Waals surface area contributed by atoms with Gasteiger partial charge in [-0.15, -0.1) is 0 Å². The minimum Gasteiger partial charge on any atom is -0.383 e. The van der Waals surface area contributed by atoms with Crippen molar-refractivity contribution in [3.05, 3.63) is 27.4 Å². The summed E-state index contributed by atoms with van der Waals surface area (Å²) in [5, 5.41) is 3.15. The Hall–Kier alpha value is -0.720. The van der Waals surface area contributed by atoms with Gasteiger partial charge in [0.1, 0.15) is 4.47 Å². The predicted octanol–water partition coefficient (Wildman–Crippen LogP) is 0.242. The number of hydrogen-bond donors (Lipinski definition) is 1. The van der Waals surface area contributed by atoms with Gasteiger partial charge in [0.2, 0.25) is 0 Å². The highest BCUT2D eigenvalue weighted by Crippen LogP contribution is 1.97. The zero-order chi connectivity index (χ0) is 11.1. The first-order valence-corrected chi connectivity index (χ1v) is 5.44. The summed E-state index contributed by atoms with van der Waals surface area (Å²) in [7, 11) is 1.66. The topological polar surface area (TPSA) is 56.1 Å². The number of halogens is 1. The summed E-state index contributed by atoms with van der Waals surface area (Å²) >= 11 is 3.14. The van der Waals surface area contributed by atoms with Gasteiger partial charge in [0.25, 0.3) is 5.56 Å². The van der Waals surface area contributed by atoms with Gasteiger partial charge >= 0.3 is 0 Å². The second kappa shape index (κ2) is 6.71. The van der Waals surface area contributed by atoms with E-state index in [1.807, 2.05) is 0 Å². The average Bonchev–Trinajstić information content (AvgIpc) is 2.24. The number of nitrogens with zero attached hydrogens (tertiary/aromatic N) is 2. The molecule has 1 rings (SSSR count). The number of methoxy groups -OCH3 is 1. The Labute approximate surface area is 96.6 Å². The molecule has 0 bridgehead atoms. The van der Waals surface area contributed by atoms with Crippen LogP contribution in [0.1, 0.15) is 0 Å². The number of ether oxygens (including phenoxy) is 1. The summed E-state index contributed by atoms with van der Waals surface area (Å²) in [6.07, 6.45) is 3.03. The second-order valence-corrected chi connectivity index (χ2v) is 3.84. The van der Waals surface area contributed by atoms with Crippen molar-refractivity contribution < 1.29 is 4.74 Å². The van der Waals surface area contributed by atoms with Gasteiger partial charge in [-0.3, -0.25) is 9.36 Å². The van der Waals surface area contributed by atoms with Crippen molar-refractivity contribution in [1.82, 2.24) is 14.9 Å². The van der Waals surface area contributed by atoms with E-state index in [1.54, 1.807) is 11.7 Å². The maximum atomic E-state index is 11.5. The van der Waals surface area contributed by atoms with Crippen LogP contribution in [0.15, 0.2) is 21.8 Å². The van der Waals surface area contributed by atoms with E-state index in [1.165, 1.54) is 12.5 Å². The molecule has 0 aromatic carbocycles. The minimum atomic E-state index is -0.0569. The van der Waals surface area contributed by atoms with E-state index in [4.69, 9.17) is 4.74 Å². The molecule has 0 aliphatic heterocycles. The van der Waals surface area contributed by atoms with Crippen LogP contribution in [0.25, 0.3) is 0 Å². The molecule has 0 saturated heterocycles. The first-order chi connectivity index (χ1) is 7.25. The lowest BCUT2D eigenvalue weighted by Crippen LogP contribution is -2.29. The molecule has 0 spiro atoms. The van der Waals surface area contributed by atoms with Crippen molar-refractivity contribution in [3.8, 4) is 0 Å². The van der Waals surface area contributed by atoms with E-state index < -0.39 is 0 Å². The fraction of sp³-hybridized carbons (Fsp3) is 0.556. The van der Waals surface area contributed by atoms with Gasteiger partial charge in [0.05, 0.1) is 12.9 Å². The smallest absolute Gasteiger partial charge is 0.267 e. The molecule has 0 aliphatic rings. The first-order valence-electron chi connectivity index (χ1n) is 4.65. The standard InChI is InChI=1S/C9H14BrN3O2/c1-15-5-3-11-2-4-13-7-12-6-8(10)9(13)14/h6-7,11H,2-5H2,1H3. The molecule has 0 aliphatic carbocycles. The van der Waals surface area contributed by atoms with E-state index in [9.17, 15) is 4.79 Å². The Morgan fingerprint density at radius 3 is 3.13 bits per heavy atom. The molecule has 1 aromatic heterocycles. The quantitative estimate of drug-likeness (QED) is 0.756. The Morgan fingerprint density at radius 1 is 1.60 bits per heavy atom. The van der Waals surface area contributed by atoms with Gasteiger partial charge in [0.15, 0.2) is 0 Å². The lowest BCUT2D eigenvalue weighted by molar-refractivity contribution is 0.199. The third kappa shape index (κ3) is 4.11. The molecule has 0 radical (unpaired) electrons. The van der Waals surface area contributed by atoms with Crippen LogP contribution >= 0.6 is 15.9 Å². The van der Waals surface area contributed by atoms with E-state index in [-0.39, 0.29) is 5.56 Å². The van der Waals surface area contributed by atoms with E-state index in [0.717, 1.165) is 13.1 Å². The van der Waals surface area contributed by atoms with Crippen LogP contribution < -0.4 is 10.9 Å². The number of nitrogens with one attached hydrogen (secondary N) is 1. The monoisotopic (exact) mass is 275 g/mol. The maximum Gasteiger partial charge on any atom is 0.267 e. The summed E-state index contributed by atoms with van der Waals surface area (Å²) in [5.74, 6) is 0. The third-order valence-corrected chi connectivity index (χ3v) is 2.42. The molecular formula is C9H14BrN3O2. The highest BCUT2D eigenvalue weighted by molar-refractivity contribution is 9.10. The molecule has 15 heavy (non-hydrogen) atoms. The number of hydrogen-bond acceptors (Lipinski definition) is 4. The van der Waals surface area contributed by atoms with Crippen LogP contribution in [0.5, 0.6) is 0 Å². The summed E-state index contributed by atoms with van der Waals surface area (Å²) in [6.45, 7) is 2.79.